The molecule has 0 saturated carbocycles. The molecule has 1 aromatic heterocycles. The van der Waals surface area contributed by atoms with Crippen molar-refractivity contribution in [3.05, 3.63) is 76.9 Å². The Morgan fingerprint density at radius 2 is 2.03 bits per heavy atom. The van der Waals surface area contributed by atoms with Gasteiger partial charge in [0.25, 0.3) is 0 Å². The zero-order valence-electron chi connectivity index (χ0n) is 17.2. The first-order valence-electron chi connectivity index (χ1n) is 9.86. The quantitative estimate of drug-likeness (QED) is 0.572. The van der Waals surface area contributed by atoms with E-state index in [2.05, 4.69) is 4.90 Å². The van der Waals surface area contributed by atoms with E-state index >= 15 is 0 Å². The molecular formula is C24H21NO6. The Balaban J connectivity index is 1.46. The first-order valence-corrected chi connectivity index (χ1v) is 9.86. The van der Waals surface area contributed by atoms with Crippen LogP contribution < -0.4 is 18.9 Å². The highest BCUT2D eigenvalue weighted by Crippen LogP contribution is 2.42. The van der Waals surface area contributed by atoms with Crippen LogP contribution in [0.2, 0.25) is 0 Å². The highest BCUT2D eigenvalue weighted by molar-refractivity contribution is 6.15. The average molecular weight is 419 g/mol. The summed E-state index contributed by atoms with van der Waals surface area (Å²) in [4.78, 5) is 15.1. The number of carbonyl (C=O) groups is 1. The number of allylic oxidation sites excluding steroid dienone is 1. The molecule has 0 bridgehead atoms. The summed E-state index contributed by atoms with van der Waals surface area (Å²) in [6.07, 6.45) is 3.33. The molecule has 0 N–H and O–H groups in total. The Bertz CT molecular complexity index is 1170. The summed E-state index contributed by atoms with van der Waals surface area (Å²) >= 11 is 0. The second-order valence-corrected chi connectivity index (χ2v) is 7.31. The van der Waals surface area contributed by atoms with E-state index < -0.39 is 0 Å². The zero-order chi connectivity index (χ0) is 21.4. The van der Waals surface area contributed by atoms with Crippen molar-refractivity contribution in [2.24, 2.45) is 0 Å². The maximum atomic E-state index is 13.0. The molecule has 0 atom stereocenters. The fourth-order valence-electron chi connectivity index (χ4n) is 3.82. The minimum atomic E-state index is -0.175. The van der Waals surface area contributed by atoms with Crippen molar-refractivity contribution < 1.29 is 28.2 Å². The molecule has 0 aliphatic carbocycles. The van der Waals surface area contributed by atoms with Crippen LogP contribution in [0.3, 0.4) is 0 Å². The van der Waals surface area contributed by atoms with E-state index in [9.17, 15) is 4.79 Å². The van der Waals surface area contributed by atoms with Crippen LogP contribution in [-0.2, 0) is 13.1 Å². The van der Waals surface area contributed by atoms with Crippen LogP contribution in [0.4, 0.5) is 0 Å². The first kappa shape index (κ1) is 19.3. The van der Waals surface area contributed by atoms with Gasteiger partial charge in [-0.15, -0.1) is 0 Å². The number of fused-ring (bicyclic) bond motifs is 3. The molecule has 0 radical (unpaired) electrons. The number of methoxy groups -OCH3 is 2. The smallest absolute Gasteiger partial charge is 0.231 e. The van der Waals surface area contributed by atoms with Crippen LogP contribution in [-0.4, -0.2) is 31.6 Å². The average Bonchev–Trinajstić information content (AvgIpc) is 3.42. The van der Waals surface area contributed by atoms with E-state index in [1.54, 1.807) is 50.8 Å². The second-order valence-electron chi connectivity index (χ2n) is 7.31. The number of benzene rings is 2. The van der Waals surface area contributed by atoms with E-state index in [-0.39, 0.29) is 11.5 Å². The fraction of sp³-hybridized carbons (Fsp3) is 0.208. The molecule has 0 saturated heterocycles. The lowest BCUT2D eigenvalue weighted by Gasteiger charge is -2.29. The maximum Gasteiger partial charge on any atom is 0.231 e. The second kappa shape index (κ2) is 7.85. The molecule has 2 aliphatic rings. The molecule has 3 aromatic rings. The predicted molar refractivity (Wildman–Crippen MR) is 112 cm³/mol. The molecule has 0 unspecified atom stereocenters. The molecule has 0 spiro atoms. The normalized spacial score (nSPS) is 16.5. The number of hydrogen-bond donors (Lipinski definition) is 0. The molecule has 158 valence electrons. The summed E-state index contributed by atoms with van der Waals surface area (Å²) in [7, 11) is 3.17. The predicted octanol–water partition coefficient (Wildman–Crippen LogP) is 4.27. The zero-order valence-corrected chi connectivity index (χ0v) is 17.2. The summed E-state index contributed by atoms with van der Waals surface area (Å²) in [5.41, 5.74) is 2.07. The van der Waals surface area contributed by atoms with Crippen LogP contribution in [0, 0.1) is 0 Å². The Labute approximate surface area is 179 Å². The monoisotopic (exact) mass is 419 g/mol. The molecule has 0 amide bonds. The number of furan rings is 1. The van der Waals surface area contributed by atoms with Gasteiger partial charge in [-0.2, -0.15) is 0 Å². The van der Waals surface area contributed by atoms with Gasteiger partial charge in [0.15, 0.2) is 5.76 Å². The van der Waals surface area contributed by atoms with Crippen molar-refractivity contribution in [3.8, 4) is 23.0 Å². The van der Waals surface area contributed by atoms with Crippen LogP contribution in [0.5, 0.6) is 23.0 Å². The number of carbonyl (C=O) groups excluding carboxylic acids is 1. The summed E-state index contributed by atoms with van der Waals surface area (Å²) in [5, 5.41) is 0. The Hall–Kier alpha value is -3.71. The van der Waals surface area contributed by atoms with E-state index in [1.165, 1.54) is 0 Å². The van der Waals surface area contributed by atoms with Gasteiger partial charge in [-0.1, -0.05) is 0 Å². The lowest BCUT2D eigenvalue weighted by molar-refractivity contribution is 0.0810. The number of ketones is 1. The minimum Gasteiger partial charge on any atom is -0.497 e. The Morgan fingerprint density at radius 3 is 2.81 bits per heavy atom. The van der Waals surface area contributed by atoms with Gasteiger partial charge in [-0.05, 0) is 48.5 Å². The lowest BCUT2D eigenvalue weighted by Crippen LogP contribution is -2.31. The molecule has 5 rings (SSSR count). The molecule has 7 heteroatoms. The van der Waals surface area contributed by atoms with E-state index in [0.29, 0.717) is 48.2 Å². The van der Waals surface area contributed by atoms with Crippen LogP contribution in [0.25, 0.3) is 6.08 Å². The maximum absolute atomic E-state index is 13.0. The minimum absolute atomic E-state index is 0.175. The Morgan fingerprint density at radius 1 is 1.13 bits per heavy atom. The van der Waals surface area contributed by atoms with Crippen LogP contribution >= 0.6 is 0 Å². The summed E-state index contributed by atoms with van der Waals surface area (Å²) in [6.45, 7) is 1.63. The van der Waals surface area contributed by atoms with E-state index in [4.69, 9.17) is 23.4 Å². The van der Waals surface area contributed by atoms with Gasteiger partial charge >= 0.3 is 0 Å². The van der Waals surface area contributed by atoms with Crippen molar-refractivity contribution in [1.82, 2.24) is 4.90 Å². The number of nitrogens with zero attached hydrogens (tertiary/aromatic N) is 1. The standard InChI is InChI=1S/C24H21NO6/c1-27-16-5-7-20(28-2)15(10-16)11-22-23(26)18-6-8-21-19(24(18)31-22)13-25(14-30-21)12-17-4-3-9-29-17/h3-11H,12-14H2,1-2H3/b22-11-. The third kappa shape index (κ3) is 3.53. The summed E-state index contributed by atoms with van der Waals surface area (Å²) in [6, 6.07) is 12.8. The van der Waals surface area contributed by atoms with Crippen LogP contribution in [0.15, 0.2) is 58.9 Å². The molecule has 31 heavy (non-hydrogen) atoms. The van der Waals surface area contributed by atoms with Crippen LogP contribution in [0.1, 0.15) is 27.2 Å². The molecule has 2 aliphatic heterocycles. The van der Waals surface area contributed by atoms with Gasteiger partial charge in [-0.25, -0.2) is 0 Å². The van der Waals surface area contributed by atoms with E-state index in [1.807, 2.05) is 18.2 Å². The summed E-state index contributed by atoms with van der Waals surface area (Å²) in [5.74, 6) is 3.46. The molecular weight excluding hydrogens is 398 g/mol. The number of ether oxygens (including phenoxy) is 4. The number of Topliss-reactive ketones (excluding diaryl/α,β-unsaturated/α-hetero) is 1. The Kier molecular flexibility index (Phi) is 4.88. The molecule has 2 aromatic carbocycles. The number of hydrogen-bond acceptors (Lipinski definition) is 7. The van der Waals surface area contributed by atoms with Gasteiger partial charge in [0, 0.05) is 12.1 Å². The van der Waals surface area contributed by atoms with Crippen molar-refractivity contribution >= 4 is 11.9 Å². The molecule has 0 fully saturated rings. The van der Waals surface area contributed by atoms with Gasteiger partial charge in [0.05, 0.1) is 38.2 Å². The lowest BCUT2D eigenvalue weighted by atomic mass is 10.0. The first-order chi connectivity index (χ1) is 15.2. The fourth-order valence-corrected chi connectivity index (χ4v) is 3.82. The van der Waals surface area contributed by atoms with Crippen molar-refractivity contribution in [3.63, 3.8) is 0 Å². The van der Waals surface area contributed by atoms with Crippen molar-refractivity contribution in [2.75, 3.05) is 21.0 Å². The summed E-state index contributed by atoms with van der Waals surface area (Å²) < 4.78 is 28.1. The molecule has 7 nitrogen and oxygen atoms in total. The van der Waals surface area contributed by atoms with Gasteiger partial charge in [-0.3, -0.25) is 9.69 Å². The van der Waals surface area contributed by atoms with Crippen molar-refractivity contribution in [2.45, 2.75) is 13.1 Å². The van der Waals surface area contributed by atoms with E-state index in [0.717, 1.165) is 17.1 Å². The highest BCUT2D eigenvalue weighted by atomic mass is 16.5. The molecule has 3 heterocycles. The number of rotatable bonds is 5. The topological polar surface area (TPSA) is 70.4 Å². The highest BCUT2D eigenvalue weighted by Gasteiger charge is 2.34. The third-order valence-electron chi connectivity index (χ3n) is 5.37. The third-order valence-corrected chi connectivity index (χ3v) is 5.37. The largest absolute Gasteiger partial charge is 0.497 e. The van der Waals surface area contributed by atoms with Gasteiger partial charge in [0.1, 0.15) is 35.5 Å². The van der Waals surface area contributed by atoms with Gasteiger partial charge < -0.3 is 23.4 Å². The SMILES string of the molecule is COc1ccc(OC)c(/C=C2\Oc3c(ccc4c3CN(Cc3ccco3)CO4)C2=O)c1. The van der Waals surface area contributed by atoms with Gasteiger partial charge in [0.2, 0.25) is 5.78 Å². The van der Waals surface area contributed by atoms with Crippen molar-refractivity contribution in [1.29, 1.82) is 0 Å².